The van der Waals surface area contributed by atoms with E-state index in [0.717, 1.165) is 11.9 Å². The fraction of sp³-hybridized carbons (Fsp3) is 1.00. The second-order valence-electron chi connectivity index (χ2n) is 2.28. The van der Waals surface area contributed by atoms with Crippen molar-refractivity contribution in [2.45, 2.75) is 0 Å². The Morgan fingerprint density at radius 3 is 1.42 bits per heavy atom. The van der Waals surface area contributed by atoms with Gasteiger partial charge in [0.25, 0.3) is 20.2 Å². The molecule has 0 aromatic heterocycles. The average Bonchev–Trinajstić information content (AvgIpc) is 1.49. The Morgan fingerprint density at radius 1 is 1.00 bits per heavy atom. The molecular formula is C3H9NO6S2. The largest absolute Gasteiger partial charge is 0.285 e. The van der Waals surface area contributed by atoms with Gasteiger partial charge in [0.1, 0.15) is 11.8 Å². The van der Waals surface area contributed by atoms with Gasteiger partial charge in [0, 0.05) is 0 Å². The molecule has 0 heterocycles. The Balaban J connectivity index is 4.19. The molecule has 0 atom stereocenters. The first kappa shape index (κ1) is 11.8. The fourth-order valence-electron chi connectivity index (χ4n) is 0.594. The molecule has 0 aromatic rings. The lowest BCUT2D eigenvalue weighted by molar-refractivity contribution is 0.382. The smallest absolute Gasteiger partial charge is 0.278 e. The van der Waals surface area contributed by atoms with Gasteiger partial charge in [0.05, 0.1) is 0 Å². The van der Waals surface area contributed by atoms with Crippen LogP contribution in [0.2, 0.25) is 0 Å². The van der Waals surface area contributed by atoms with E-state index < -0.39 is 32.0 Å². The quantitative estimate of drug-likeness (QED) is 0.559. The zero-order chi connectivity index (χ0) is 9.99. The van der Waals surface area contributed by atoms with Crippen LogP contribution >= 0.6 is 0 Å². The summed E-state index contributed by atoms with van der Waals surface area (Å²) in [5.41, 5.74) is 0. The van der Waals surface area contributed by atoms with Crippen molar-refractivity contribution in [3.8, 4) is 0 Å². The third-order valence-corrected chi connectivity index (χ3v) is 2.30. The molecule has 0 aliphatic heterocycles. The summed E-state index contributed by atoms with van der Waals surface area (Å²) in [4.78, 5) is 0.741. The minimum atomic E-state index is -4.25. The van der Waals surface area contributed by atoms with Crippen LogP contribution in [0.1, 0.15) is 0 Å². The molecule has 0 unspecified atom stereocenters. The van der Waals surface area contributed by atoms with Crippen molar-refractivity contribution in [3.05, 3.63) is 0 Å². The molecule has 9 heteroatoms. The lowest BCUT2D eigenvalue weighted by atomic mass is 11.0. The number of nitrogens with zero attached hydrogens (tertiary/aromatic N) is 1. The molecule has 0 saturated heterocycles. The first-order valence-corrected chi connectivity index (χ1v) is 5.91. The lowest BCUT2D eigenvalue weighted by Crippen LogP contribution is -2.30. The minimum Gasteiger partial charge on any atom is -0.285 e. The van der Waals surface area contributed by atoms with Crippen LogP contribution in [0.3, 0.4) is 0 Å². The highest BCUT2D eigenvalue weighted by Crippen LogP contribution is 1.92. The second kappa shape index (κ2) is 3.66. The highest BCUT2D eigenvalue weighted by atomic mass is 32.2. The summed E-state index contributed by atoms with van der Waals surface area (Å²) < 4.78 is 57.1. The van der Waals surface area contributed by atoms with Gasteiger partial charge < -0.3 is 0 Å². The third kappa shape index (κ3) is 7.88. The van der Waals surface area contributed by atoms with Crippen molar-refractivity contribution in [1.82, 2.24) is 4.90 Å². The monoisotopic (exact) mass is 219 g/mol. The zero-order valence-corrected chi connectivity index (χ0v) is 7.84. The van der Waals surface area contributed by atoms with Crippen molar-refractivity contribution in [1.29, 1.82) is 0 Å². The van der Waals surface area contributed by atoms with E-state index in [1.54, 1.807) is 0 Å². The summed E-state index contributed by atoms with van der Waals surface area (Å²) in [5, 5.41) is 0. The fourth-order valence-corrected chi connectivity index (χ4v) is 2.01. The van der Waals surface area contributed by atoms with Crippen molar-refractivity contribution in [3.63, 3.8) is 0 Å². The van der Waals surface area contributed by atoms with E-state index in [2.05, 4.69) is 0 Å². The van der Waals surface area contributed by atoms with Crippen molar-refractivity contribution >= 4 is 20.2 Å². The predicted octanol–water partition coefficient (Wildman–Crippen LogP) is -1.39. The Kier molecular flexibility index (Phi) is 3.59. The molecular weight excluding hydrogens is 210 g/mol. The SMILES string of the molecule is CN(CS(=O)(=O)O)CS(=O)(=O)O. The van der Waals surface area contributed by atoms with Crippen LogP contribution in [-0.2, 0) is 20.2 Å². The van der Waals surface area contributed by atoms with Gasteiger partial charge in [-0.2, -0.15) is 16.8 Å². The lowest BCUT2D eigenvalue weighted by Gasteiger charge is -2.11. The van der Waals surface area contributed by atoms with Crippen LogP contribution in [0.15, 0.2) is 0 Å². The molecule has 0 spiro atoms. The van der Waals surface area contributed by atoms with Crippen LogP contribution in [0, 0.1) is 0 Å². The molecule has 74 valence electrons. The van der Waals surface area contributed by atoms with Gasteiger partial charge in [-0.15, -0.1) is 0 Å². The predicted molar refractivity (Wildman–Crippen MR) is 40.6 cm³/mol. The molecule has 0 aromatic carbocycles. The Bertz CT molecular complexity index is 294. The van der Waals surface area contributed by atoms with E-state index >= 15 is 0 Å². The molecule has 12 heavy (non-hydrogen) atoms. The molecule has 0 amide bonds. The summed E-state index contributed by atoms with van der Waals surface area (Å²) in [5.74, 6) is -1.68. The molecule has 0 rings (SSSR count). The molecule has 0 fully saturated rings. The number of hydrogen-bond donors (Lipinski definition) is 2. The van der Waals surface area contributed by atoms with Crippen LogP contribution in [0.4, 0.5) is 0 Å². The molecule has 0 aliphatic rings. The van der Waals surface area contributed by atoms with Gasteiger partial charge in [-0.1, -0.05) is 0 Å². The standard InChI is InChI=1S/C3H9NO6S2/c1-4(2-11(5,6)7)3-12(8,9)10/h2-3H2,1H3,(H,5,6,7)(H,8,9,10). The highest BCUT2D eigenvalue weighted by Gasteiger charge is 2.14. The first-order valence-electron chi connectivity index (χ1n) is 2.69. The summed E-state index contributed by atoms with van der Waals surface area (Å²) >= 11 is 0. The van der Waals surface area contributed by atoms with Gasteiger partial charge in [0.2, 0.25) is 0 Å². The average molecular weight is 219 g/mol. The van der Waals surface area contributed by atoms with E-state index in [4.69, 9.17) is 9.11 Å². The number of rotatable bonds is 4. The van der Waals surface area contributed by atoms with E-state index in [-0.39, 0.29) is 0 Å². The summed E-state index contributed by atoms with van der Waals surface area (Å²) in [6, 6.07) is 0. The van der Waals surface area contributed by atoms with Crippen molar-refractivity contribution in [2.24, 2.45) is 0 Å². The summed E-state index contributed by atoms with van der Waals surface area (Å²) in [6.07, 6.45) is 0. The van der Waals surface area contributed by atoms with E-state index in [1.807, 2.05) is 0 Å². The third-order valence-electron chi connectivity index (χ3n) is 0.767. The van der Waals surface area contributed by atoms with Gasteiger partial charge in [-0.05, 0) is 7.05 Å². The second-order valence-corrected chi connectivity index (χ2v) is 5.12. The maximum absolute atomic E-state index is 10.2. The van der Waals surface area contributed by atoms with E-state index in [0.29, 0.717) is 0 Å². The normalized spacial score (nSPS) is 13.7. The Hall–Kier alpha value is -0.220. The summed E-state index contributed by atoms with van der Waals surface area (Å²) in [7, 11) is -7.36. The topological polar surface area (TPSA) is 112 Å². The van der Waals surface area contributed by atoms with Crippen LogP contribution in [0.25, 0.3) is 0 Å². The Labute approximate surface area is 70.5 Å². The van der Waals surface area contributed by atoms with Crippen molar-refractivity contribution in [2.75, 3.05) is 18.8 Å². The van der Waals surface area contributed by atoms with Gasteiger partial charge in [-0.25, -0.2) is 0 Å². The minimum absolute atomic E-state index is 0.741. The molecule has 0 bridgehead atoms. The van der Waals surface area contributed by atoms with Crippen LogP contribution < -0.4 is 0 Å². The maximum atomic E-state index is 10.2. The van der Waals surface area contributed by atoms with Gasteiger partial charge >= 0.3 is 0 Å². The van der Waals surface area contributed by atoms with E-state index in [9.17, 15) is 16.8 Å². The molecule has 0 saturated carbocycles. The molecule has 0 aliphatic carbocycles. The number of hydrogen-bond acceptors (Lipinski definition) is 5. The first-order chi connectivity index (χ1) is 5.10. The van der Waals surface area contributed by atoms with Gasteiger partial charge in [-0.3, -0.25) is 14.0 Å². The van der Waals surface area contributed by atoms with Crippen LogP contribution in [-0.4, -0.2) is 49.6 Å². The summed E-state index contributed by atoms with van der Waals surface area (Å²) in [6.45, 7) is 0. The zero-order valence-electron chi connectivity index (χ0n) is 6.21. The molecule has 7 nitrogen and oxygen atoms in total. The molecule has 2 N–H and O–H groups in total. The maximum Gasteiger partial charge on any atom is 0.278 e. The molecule has 0 radical (unpaired) electrons. The van der Waals surface area contributed by atoms with Crippen LogP contribution in [0.5, 0.6) is 0 Å². The van der Waals surface area contributed by atoms with Crippen molar-refractivity contribution < 1.29 is 25.9 Å². The highest BCUT2D eigenvalue weighted by molar-refractivity contribution is 7.86. The Morgan fingerprint density at radius 2 is 1.25 bits per heavy atom. The van der Waals surface area contributed by atoms with Gasteiger partial charge in [0.15, 0.2) is 0 Å². The van der Waals surface area contributed by atoms with E-state index in [1.165, 1.54) is 0 Å².